The van der Waals surface area contributed by atoms with E-state index in [1.54, 1.807) is 0 Å². The first-order chi connectivity index (χ1) is 9.06. The van der Waals surface area contributed by atoms with Gasteiger partial charge in [-0.15, -0.1) is 0 Å². The van der Waals surface area contributed by atoms with Crippen LogP contribution in [-0.4, -0.2) is 49.4 Å². The summed E-state index contributed by atoms with van der Waals surface area (Å²) in [4.78, 5) is 16.6. The molecule has 1 aliphatic rings. The van der Waals surface area contributed by atoms with E-state index in [0.717, 1.165) is 18.7 Å². The van der Waals surface area contributed by atoms with Crippen molar-refractivity contribution in [3.63, 3.8) is 0 Å². The van der Waals surface area contributed by atoms with Crippen LogP contribution < -0.4 is 0 Å². The number of carbonyl (C=O) groups is 1. The maximum atomic E-state index is 12.3. The lowest BCUT2D eigenvalue weighted by atomic mass is 9.98. The first kappa shape index (κ1) is 14.1. The molecule has 0 spiro atoms. The van der Waals surface area contributed by atoms with Gasteiger partial charge in [-0.1, -0.05) is 17.7 Å². The zero-order chi connectivity index (χ0) is 13.8. The van der Waals surface area contributed by atoms with Crippen LogP contribution in [0, 0.1) is 12.8 Å². The van der Waals surface area contributed by atoms with Crippen LogP contribution in [0.3, 0.4) is 0 Å². The van der Waals surface area contributed by atoms with Gasteiger partial charge in [0.2, 0.25) is 0 Å². The van der Waals surface area contributed by atoms with Crippen molar-refractivity contribution in [2.75, 3.05) is 33.7 Å². The van der Waals surface area contributed by atoms with E-state index in [-0.39, 0.29) is 5.91 Å². The quantitative estimate of drug-likeness (QED) is 0.833. The summed E-state index contributed by atoms with van der Waals surface area (Å²) in [5.74, 6) is 0.742. The second-order valence-corrected chi connectivity index (χ2v) is 5.82. The molecule has 0 radical (unpaired) electrons. The highest BCUT2D eigenvalue weighted by molar-refractivity contribution is 5.94. The topological polar surface area (TPSA) is 23.6 Å². The van der Waals surface area contributed by atoms with Crippen LogP contribution in [0.2, 0.25) is 0 Å². The Hall–Kier alpha value is -1.35. The highest BCUT2D eigenvalue weighted by Gasteiger charge is 2.21. The van der Waals surface area contributed by atoms with E-state index < -0.39 is 0 Å². The third kappa shape index (κ3) is 3.80. The average molecular weight is 260 g/mol. The first-order valence-corrected chi connectivity index (χ1v) is 7.07. The van der Waals surface area contributed by atoms with Crippen molar-refractivity contribution in [3.8, 4) is 0 Å². The van der Waals surface area contributed by atoms with E-state index >= 15 is 0 Å². The Morgan fingerprint density at radius 1 is 1.37 bits per heavy atom. The molecule has 1 saturated heterocycles. The minimum absolute atomic E-state index is 0.133. The standard InChI is InChI=1S/C16H24N2O/c1-13-6-8-15(9-7-13)16(19)18(3)12-14-5-4-10-17(2)11-14/h6-9,14H,4-5,10-12H2,1-3H3. The molecule has 1 amide bonds. The van der Waals surface area contributed by atoms with Gasteiger partial charge in [-0.2, -0.15) is 0 Å². The van der Waals surface area contributed by atoms with Gasteiger partial charge in [0.15, 0.2) is 0 Å². The molecule has 0 saturated carbocycles. The first-order valence-electron chi connectivity index (χ1n) is 7.07. The van der Waals surface area contributed by atoms with E-state index in [1.165, 1.54) is 24.9 Å². The molecule has 19 heavy (non-hydrogen) atoms. The molecule has 1 aromatic rings. The number of nitrogens with zero attached hydrogens (tertiary/aromatic N) is 2. The fraction of sp³-hybridized carbons (Fsp3) is 0.562. The zero-order valence-corrected chi connectivity index (χ0v) is 12.2. The molecule has 0 aromatic heterocycles. The maximum Gasteiger partial charge on any atom is 0.253 e. The summed E-state index contributed by atoms with van der Waals surface area (Å²) >= 11 is 0. The number of benzene rings is 1. The number of piperidine rings is 1. The molecule has 3 heteroatoms. The third-order valence-corrected chi connectivity index (χ3v) is 3.90. The van der Waals surface area contributed by atoms with Crippen molar-refractivity contribution in [2.45, 2.75) is 19.8 Å². The summed E-state index contributed by atoms with van der Waals surface area (Å²) in [5, 5.41) is 0. The van der Waals surface area contributed by atoms with Crippen LogP contribution in [0.15, 0.2) is 24.3 Å². The number of rotatable bonds is 3. The normalized spacial score (nSPS) is 20.3. The molecule has 1 fully saturated rings. The lowest BCUT2D eigenvalue weighted by molar-refractivity contribution is 0.0741. The van der Waals surface area contributed by atoms with Crippen LogP contribution in [0.4, 0.5) is 0 Å². The fourth-order valence-corrected chi connectivity index (χ4v) is 2.81. The van der Waals surface area contributed by atoms with Gasteiger partial charge >= 0.3 is 0 Å². The molecule has 1 aliphatic heterocycles. The second-order valence-electron chi connectivity index (χ2n) is 5.82. The summed E-state index contributed by atoms with van der Waals surface area (Å²) in [7, 11) is 4.07. The maximum absolute atomic E-state index is 12.3. The molecule has 1 heterocycles. The van der Waals surface area contributed by atoms with Crippen molar-refractivity contribution in [3.05, 3.63) is 35.4 Å². The Balaban J connectivity index is 1.93. The van der Waals surface area contributed by atoms with Gasteiger partial charge in [0.05, 0.1) is 0 Å². The van der Waals surface area contributed by atoms with E-state index in [4.69, 9.17) is 0 Å². The molecule has 1 aromatic carbocycles. The Labute approximate surface area is 116 Å². The summed E-state index contributed by atoms with van der Waals surface area (Å²) in [6.45, 7) is 5.19. The van der Waals surface area contributed by atoms with Crippen molar-refractivity contribution in [2.24, 2.45) is 5.92 Å². The van der Waals surface area contributed by atoms with Crippen molar-refractivity contribution >= 4 is 5.91 Å². The highest BCUT2D eigenvalue weighted by Crippen LogP contribution is 2.17. The molecule has 1 unspecified atom stereocenters. The number of aryl methyl sites for hydroxylation is 1. The number of carbonyl (C=O) groups excluding carboxylic acids is 1. The van der Waals surface area contributed by atoms with E-state index in [9.17, 15) is 4.79 Å². The van der Waals surface area contributed by atoms with E-state index in [0.29, 0.717) is 5.92 Å². The summed E-state index contributed by atoms with van der Waals surface area (Å²) in [5.41, 5.74) is 1.98. The Morgan fingerprint density at radius 2 is 2.05 bits per heavy atom. The monoisotopic (exact) mass is 260 g/mol. The van der Waals surface area contributed by atoms with Crippen LogP contribution in [0.1, 0.15) is 28.8 Å². The van der Waals surface area contributed by atoms with Gasteiger partial charge in [-0.05, 0) is 51.4 Å². The fourth-order valence-electron chi connectivity index (χ4n) is 2.81. The average Bonchev–Trinajstić information content (AvgIpc) is 2.39. The number of likely N-dealkylation sites (tertiary alicyclic amines) is 1. The Kier molecular flexibility index (Phi) is 4.59. The van der Waals surface area contributed by atoms with E-state index in [2.05, 4.69) is 11.9 Å². The summed E-state index contributed by atoms with van der Waals surface area (Å²) in [6.07, 6.45) is 2.48. The predicted molar refractivity (Wildman–Crippen MR) is 78.4 cm³/mol. The molecule has 0 aliphatic carbocycles. The molecule has 0 bridgehead atoms. The highest BCUT2D eigenvalue weighted by atomic mass is 16.2. The lowest BCUT2D eigenvalue weighted by Gasteiger charge is -2.32. The minimum atomic E-state index is 0.133. The van der Waals surface area contributed by atoms with Crippen molar-refractivity contribution < 1.29 is 4.79 Å². The molecule has 2 rings (SSSR count). The lowest BCUT2D eigenvalue weighted by Crippen LogP contribution is -2.40. The Bertz CT molecular complexity index is 427. The predicted octanol–water partition coefficient (Wildman–Crippen LogP) is 2.41. The van der Waals surface area contributed by atoms with E-state index in [1.807, 2.05) is 43.1 Å². The molecule has 3 nitrogen and oxygen atoms in total. The third-order valence-electron chi connectivity index (χ3n) is 3.90. The van der Waals surface area contributed by atoms with Crippen LogP contribution in [0.5, 0.6) is 0 Å². The van der Waals surface area contributed by atoms with Crippen molar-refractivity contribution in [1.29, 1.82) is 0 Å². The number of amides is 1. The summed E-state index contributed by atoms with van der Waals surface area (Å²) < 4.78 is 0. The van der Waals surface area contributed by atoms with Gasteiger partial charge in [0, 0.05) is 25.7 Å². The van der Waals surface area contributed by atoms with Gasteiger partial charge in [-0.25, -0.2) is 0 Å². The molecule has 1 atom stereocenters. The zero-order valence-electron chi connectivity index (χ0n) is 12.2. The van der Waals surface area contributed by atoms with Crippen LogP contribution in [0.25, 0.3) is 0 Å². The van der Waals surface area contributed by atoms with Crippen LogP contribution in [-0.2, 0) is 0 Å². The van der Waals surface area contributed by atoms with Crippen LogP contribution >= 0.6 is 0 Å². The second kappa shape index (κ2) is 6.20. The van der Waals surface area contributed by atoms with Gasteiger partial charge in [-0.3, -0.25) is 4.79 Å². The number of hydrogen-bond acceptors (Lipinski definition) is 2. The number of hydrogen-bond donors (Lipinski definition) is 0. The van der Waals surface area contributed by atoms with Gasteiger partial charge in [0.25, 0.3) is 5.91 Å². The molecule has 0 N–H and O–H groups in total. The SMILES string of the molecule is Cc1ccc(C(=O)N(C)CC2CCCN(C)C2)cc1. The van der Waals surface area contributed by atoms with Gasteiger partial charge in [0.1, 0.15) is 0 Å². The Morgan fingerprint density at radius 3 is 2.68 bits per heavy atom. The largest absolute Gasteiger partial charge is 0.341 e. The molecular weight excluding hydrogens is 236 g/mol. The van der Waals surface area contributed by atoms with Gasteiger partial charge < -0.3 is 9.80 Å². The molecule has 104 valence electrons. The summed E-state index contributed by atoms with van der Waals surface area (Å²) in [6, 6.07) is 7.83. The molecular formula is C16H24N2O. The van der Waals surface area contributed by atoms with Crippen molar-refractivity contribution in [1.82, 2.24) is 9.80 Å². The smallest absolute Gasteiger partial charge is 0.253 e. The minimum Gasteiger partial charge on any atom is -0.341 e.